The molecule has 0 unspecified atom stereocenters. The Kier molecular flexibility index (Phi) is 7.55. The second-order valence-electron chi connectivity index (χ2n) is 7.02. The summed E-state index contributed by atoms with van der Waals surface area (Å²) in [5.41, 5.74) is 2.47. The van der Waals surface area contributed by atoms with Gasteiger partial charge in [-0.3, -0.25) is 9.69 Å². The van der Waals surface area contributed by atoms with E-state index >= 15 is 0 Å². The van der Waals surface area contributed by atoms with Gasteiger partial charge in [0.1, 0.15) is 0 Å². The summed E-state index contributed by atoms with van der Waals surface area (Å²) in [5, 5.41) is 3.06. The van der Waals surface area contributed by atoms with Gasteiger partial charge in [-0.2, -0.15) is 0 Å². The van der Waals surface area contributed by atoms with E-state index in [0.29, 0.717) is 5.92 Å². The number of thioether (sulfide) groups is 1. The largest absolute Gasteiger partial charge is 0.352 e. The number of nitrogens with one attached hydrogen (secondary N) is 1. The monoisotopic (exact) mass is 380 g/mol. The number of nitrogens with zero attached hydrogens (tertiary/aromatic N) is 1. The van der Waals surface area contributed by atoms with Crippen LogP contribution in [0.15, 0.2) is 65.6 Å². The van der Waals surface area contributed by atoms with Crippen LogP contribution in [-0.2, 0) is 11.3 Å². The molecule has 1 aliphatic rings. The molecule has 2 aromatic rings. The molecule has 4 heteroatoms. The summed E-state index contributed by atoms with van der Waals surface area (Å²) in [6.45, 7) is 4.00. The Morgan fingerprint density at radius 1 is 1.11 bits per heavy atom. The molecule has 0 spiro atoms. The summed E-state index contributed by atoms with van der Waals surface area (Å²) in [5.74, 6) is 0.571. The minimum Gasteiger partial charge on any atom is -0.352 e. The lowest BCUT2D eigenvalue weighted by molar-refractivity contribution is -0.116. The number of benzene rings is 2. The summed E-state index contributed by atoms with van der Waals surface area (Å²) in [7, 11) is 0. The van der Waals surface area contributed by atoms with Crippen molar-refractivity contribution in [2.75, 3.05) is 25.9 Å². The Hall–Kier alpha value is -2.04. The lowest BCUT2D eigenvalue weighted by Crippen LogP contribution is -2.38. The predicted molar refractivity (Wildman–Crippen MR) is 115 cm³/mol. The van der Waals surface area contributed by atoms with Gasteiger partial charge in [-0.25, -0.2) is 0 Å². The number of hydrogen-bond acceptors (Lipinski definition) is 3. The van der Waals surface area contributed by atoms with Gasteiger partial charge in [0, 0.05) is 24.1 Å². The number of amides is 1. The topological polar surface area (TPSA) is 32.3 Å². The molecule has 27 heavy (non-hydrogen) atoms. The van der Waals surface area contributed by atoms with Crippen molar-refractivity contribution >= 4 is 23.7 Å². The van der Waals surface area contributed by atoms with E-state index in [2.05, 4.69) is 40.7 Å². The van der Waals surface area contributed by atoms with Crippen molar-refractivity contribution < 1.29 is 4.79 Å². The Balaban J connectivity index is 1.39. The van der Waals surface area contributed by atoms with Crippen molar-refractivity contribution in [3.8, 4) is 0 Å². The highest BCUT2D eigenvalue weighted by molar-refractivity contribution is 7.98. The summed E-state index contributed by atoms with van der Waals surface area (Å²) in [6.07, 6.45) is 7.92. The number of likely N-dealkylation sites (tertiary alicyclic amines) is 1. The first-order valence-corrected chi connectivity index (χ1v) is 10.8. The zero-order chi connectivity index (χ0) is 18.9. The van der Waals surface area contributed by atoms with E-state index in [4.69, 9.17) is 0 Å². The smallest absolute Gasteiger partial charge is 0.244 e. The van der Waals surface area contributed by atoms with Gasteiger partial charge in [-0.1, -0.05) is 48.5 Å². The lowest BCUT2D eigenvalue weighted by Gasteiger charge is -2.32. The molecule has 0 radical (unpaired) electrons. The second-order valence-corrected chi connectivity index (χ2v) is 7.87. The van der Waals surface area contributed by atoms with Crippen molar-refractivity contribution in [2.24, 2.45) is 5.92 Å². The Morgan fingerprint density at radius 2 is 1.81 bits per heavy atom. The summed E-state index contributed by atoms with van der Waals surface area (Å²) in [6, 6.07) is 18.6. The minimum atomic E-state index is -0.00446. The van der Waals surface area contributed by atoms with Gasteiger partial charge < -0.3 is 5.32 Å². The number of piperidine rings is 1. The Bertz CT molecular complexity index is 752. The van der Waals surface area contributed by atoms with Crippen LogP contribution in [0.2, 0.25) is 0 Å². The Morgan fingerprint density at radius 3 is 2.56 bits per heavy atom. The molecule has 0 aliphatic carbocycles. The molecule has 1 amide bonds. The molecular formula is C23H28N2OS. The second kappa shape index (κ2) is 10.3. The van der Waals surface area contributed by atoms with Crippen LogP contribution in [0.4, 0.5) is 0 Å². The maximum atomic E-state index is 12.0. The number of rotatable bonds is 7. The highest BCUT2D eigenvalue weighted by Crippen LogP contribution is 2.24. The quantitative estimate of drug-likeness (QED) is 0.569. The van der Waals surface area contributed by atoms with Crippen LogP contribution < -0.4 is 5.32 Å². The maximum Gasteiger partial charge on any atom is 0.244 e. The van der Waals surface area contributed by atoms with Gasteiger partial charge in [0.15, 0.2) is 0 Å². The van der Waals surface area contributed by atoms with E-state index in [-0.39, 0.29) is 5.91 Å². The van der Waals surface area contributed by atoms with Crippen LogP contribution >= 0.6 is 11.8 Å². The van der Waals surface area contributed by atoms with Crippen molar-refractivity contribution in [2.45, 2.75) is 24.3 Å². The Labute approximate surface area is 166 Å². The zero-order valence-corrected chi connectivity index (χ0v) is 16.8. The molecule has 1 heterocycles. The van der Waals surface area contributed by atoms with Crippen molar-refractivity contribution in [3.05, 3.63) is 71.8 Å². The fourth-order valence-corrected chi connectivity index (χ4v) is 4.07. The third-order valence-electron chi connectivity index (χ3n) is 5.09. The van der Waals surface area contributed by atoms with Crippen LogP contribution in [-0.4, -0.2) is 36.7 Å². The molecule has 142 valence electrons. The number of hydrogen-bond donors (Lipinski definition) is 1. The first kappa shape index (κ1) is 19.7. The molecule has 1 fully saturated rings. The molecule has 0 aromatic heterocycles. The van der Waals surface area contributed by atoms with Crippen LogP contribution in [0.25, 0.3) is 6.08 Å². The predicted octanol–water partition coefficient (Wildman–Crippen LogP) is 4.45. The van der Waals surface area contributed by atoms with E-state index in [9.17, 15) is 4.79 Å². The fourth-order valence-electron chi connectivity index (χ4n) is 3.46. The van der Waals surface area contributed by atoms with Gasteiger partial charge in [0.2, 0.25) is 5.91 Å². The van der Waals surface area contributed by atoms with E-state index in [0.717, 1.165) is 44.6 Å². The third-order valence-corrected chi connectivity index (χ3v) is 5.92. The SMILES string of the molecule is CSc1ccccc1CN1CCC(CNC(=O)/C=C/c2ccccc2)CC1. The van der Waals surface area contributed by atoms with Crippen molar-refractivity contribution in [3.63, 3.8) is 0 Å². The normalized spacial score (nSPS) is 15.9. The van der Waals surface area contributed by atoms with E-state index in [1.807, 2.05) is 48.2 Å². The summed E-state index contributed by atoms with van der Waals surface area (Å²) < 4.78 is 0. The van der Waals surface area contributed by atoms with Gasteiger partial charge in [0.05, 0.1) is 0 Å². The van der Waals surface area contributed by atoms with E-state index < -0.39 is 0 Å². The highest BCUT2D eigenvalue weighted by atomic mass is 32.2. The molecule has 0 saturated carbocycles. The van der Waals surface area contributed by atoms with Crippen LogP contribution in [0.3, 0.4) is 0 Å². The summed E-state index contributed by atoms with van der Waals surface area (Å²) >= 11 is 1.82. The summed E-state index contributed by atoms with van der Waals surface area (Å²) in [4.78, 5) is 15.9. The van der Waals surface area contributed by atoms with Crippen molar-refractivity contribution in [1.82, 2.24) is 10.2 Å². The molecule has 2 aromatic carbocycles. The molecule has 0 bridgehead atoms. The molecule has 1 aliphatic heterocycles. The average Bonchev–Trinajstić information content (AvgIpc) is 2.73. The standard InChI is InChI=1S/C23H28N2OS/c1-27-22-10-6-5-9-21(22)18-25-15-13-20(14-16-25)17-24-23(26)12-11-19-7-3-2-4-8-19/h2-12,20H,13-18H2,1H3,(H,24,26)/b12-11+. The first-order chi connectivity index (χ1) is 13.2. The van der Waals surface area contributed by atoms with Gasteiger partial charge in [-0.05, 0) is 61.4 Å². The third kappa shape index (κ3) is 6.26. The highest BCUT2D eigenvalue weighted by Gasteiger charge is 2.20. The minimum absolute atomic E-state index is 0.00446. The number of carbonyl (C=O) groups excluding carboxylic acids is 1. The van der Waals surface area contributed by atoms with Crippen LogP contribution in [0.1, 0.15) is 24.0 Å². The molecule has 0 atom stereocenters. The maximum absolute atomic E-state index is 12.0. The lowest BCUT2D eigenvalue weighted by atomic mass is 9.96. The molecule has 1 saturated heterocycles. The fraction of sp³-hybridized carbons (Fsp3) is 0.348. The van der Waals surface area contributed by atoms with E-state index in [1.165, 1.54) is 10.5 Å². The van der Waals surface area contributed by atoms with E-state index in [1.54, 1.807) is 6.08 Å². The van der Waals surface area contributed by atoms with Crippen molar-refractivity contribution in [1.29, 1.82) is 0 Å². The molecule has 3 rings (SSSR count). The molecule has 1 N–H and O–H groups in total. The van der Waals surface area contributed by atoms with Crippen LogP contribution in [0, 0.1) is 5.92 Å². The first-order valence-electron chi connectivity index (χ1n) is 9.60. The van der Waals surface area contributed by atoms with Crippen LogP contribution in [0.5, 0.6) is 0 Å². The number of carbonyl (C=O) groups is 1. The zero-order valence-electron chi connectivity index (χ0n) is 15.9. The molecule has 3 nitrogen and oxygen atoms in total. The van der Waals surface area contributed by atoms with Gasteiger partial charge >= 0.3 is 0 Å². The molecular weight excluding hydrogens is 352 g/mol. The van der Waals surface area contributed by atoms with Gasteiger partial charge in [0.25, 0.3) is 0 Å². The average molecular weight is 381 g/mol. The van der Waals surface area contributed by atoms with Gasteiger partial charge in [-0.15, -0.1) is 11.8 Å².